The average molecular weight is 443 g/mol. The van der Waals surface area contributed by atoms with Crippen molar-refractivity contribution in [2.24, 2.45) is 0 Å². The van der Waals surface area contributed by atoms with Gasteiger partial charge in [-0.1, -0.05) is 12.1 Å². The molecule has 1 amide bonds. The summed E-state index contributed by atoms with van der Waals surface area (Å²) in [5, 5.41) is 10.4. The lowest BCUT2D eigenvalue weighted by molar-refractivity contribution is 0.0664. The van der Waals surface area contributed by atoms with Crippen LogP contribution >= 0.6 is 12.4 Å². The first-order valence-electron chi connectivity index (χ1n) is 9.73. The third-order valence-electron chi connectivity index (χ3n) is 5.68. The smallest absolute Gasteiger partial charge is 0.344 e. The molecular formula is C23H23ClN2O5. The van der Waals surface area contributed by atoms with E-state index in [9.17, 15) is 19.5 Å². The van der Waals surface area contributed by atoms with Gasteiger partial charge in [0.05, 0.1) is 11.1 Å². The van der Waals surface area contributed by atoms with Crippen molar-refractivity contribution in [3.8, 4) is 16.9 Å². The highest BCUT2D eigenvalue weighted by atomic mass is 35.5. The number of phenols is 1. The summed E-state index contributed by atoms with van der Waals surface area (Å²) in [4.78, 5) is 40.7. The van der Waals surface area contributed by atoms with Gasteiger partial charge < -0.3 is 19.3 Å². The maximum Gasteiger partial charge on any atom is 0.344 e. The summed E-state index contributed by atoms with van der Waals surface area (Å²) in [6.45, 7) is 4.84. The zero-order valence-electron chi connectivity index (χ0n) is 17.3. The number of halogens is 1. The monoisotopic (exact) mass is 442 g/mol. The Bertz CT molecular complexity index is 1200. The van der Waals surface area contributed by atoms with E-state index in [4.69, 9.17) is 4.42 Å². The molecule has 1 N–H and O–H groups in total. The lowest BCUT2D eigenvalue weighted by Gasteiger charge is -2.32. The first kappa shape index (κ1) is 22.5. The minimum Gasteiger partial charge on any atom is -0.507 e. The molecule has 0 bridgehead atoms. The average Bonchev–Trinajstić information content (AvgIpc) is 2.74. The molecular weight excluding hydrogens is 420 g/mol. The van der Waals surface area contributed by atoms with Crippen molar-refractivity contribution < 1.29 is 19.1 Å². The number of aromatic hydroxyl groups is 1. The Labute approximate surface area is 185 Å². The predicted octanol–water partition coefficient (Wildman–Crippen LogP) is 3.10. The van der Waals surface area contributed by atoms with Crippen LogP contribution in [-0.4, -0.2) is 60.3 Å². The van der Waals surface area contributed by atoms with E-state index in [1.165, 1.54) is 6.07 Å². The second kappa shape index (κ2) is 8.91. The van der Waals surface area contributed by atoms with Crippen molar-refractivity contribution >= 4 is 35.6 Å². The number of piperazine rings is 1. The van der Waals surface area contributed by atoms with Gasteiger partial charge in [0.2, 0.25) is 0 Å². The molecule has 7 nitrogen and oxygen atoms in total. The predicted molar refractivity (Wildman–Crippen MR) is 120 cm³/mol. The van der Waals surface area contributed by atoms with E-state index >= 15 is 0 Å². The molecule has 1 aliphatic rings. The number of likely N-dealkylation sites (N-methyl/N-ethyl adjacent to an activating group) is 1. The van der Waals surface area contributed by atoms with Gasteiger partial charge >= 0.3 is 5.63 Å². The van der Waals surface area contributed by atoms with Crippen LogP contribution in [-0.2, 0) is 0 Å². The lowest BCUT2D eigenvalue weighted by atomic mass is 9.97. The molecule has 162 valence electrons. The van der Waals surface area contributed by atoms with Gasteiger partial charge in [-0.2, -0.15) is 0 Å². The molecule has 1 aliphatic heterocycles. The number of aldehydes is 1. The summed E-state index contributed by atoms with van der Waals surface area (Å²) in [5.74, 6) is -0.261. The number of benzene rings is 2. The maximum absolute atomic E-state index is 12.7. The fourth-order valence-corrected chi connectivity index (χ4v) is 3.85. The molecule has 0 unspecified atom stereocenters. The van der Waals surface area contributed by atoms with Crippen LogP contribution < -0.4 is 5.63 Å². The highest BCUT2D eigenvalue weighted by Crippen LogP contribution is 2.31. The SMILES string of the molecule is Cc1c(-c2ccc(C(=O)N3CCN(C)CC3)cc2)c(=O)oc2c(C=O)c(O)ccc12.Cl. The van der Waals surface area contributed by atoms with Crippen molar-refractivity contribution in [1.29, 1.82) is 0 Å². The van der Waals surface area contributed by atoms with E-state index in [1.807, 2.05) is 11.9 Å². The number of rotatable bonds is 3. The van der Waals surface area contributed by atoms with Crippen LogP contribution in [0.25, 0.3) is 22.1 Å². The van der Waals surface area contributed by atoms with Crippen molar-refractivity contribution in [2.75, 3.05) is 33.2 Å². The summed E-state index contributed by atoms with van der Waals surface area (Å²) in [6.07, 6.45) is 0.471. The Hall–Kier alpha value is -3.16. The quantitative estimate of drug-likeness (QED) is 0.495. The number of nitrogens with zero attached hydrogens (tertiary/aromatic N) is 2. The zero-order chi connectivity index (χ0) is 21.4. The third kappa shape index (κ3) is 4.06. The molecule has 1 aromatic heterocycles. The van der Waals surface area contributed by atoms with Gasteiger partial charge in [-0.15, -0.1) is 12.4 Å². The van der Waals surface area contributed by atoms with E-state index < -0.39 is 5.63 Å². The van der Waals surface area contributed by atoms with E-state index in [0.717, 1.165) is 13.1 Å². The van der Waals surface area contributed by atoms with Crippen LogP contribution in [0.1, 0.15) is 26.3 Å². The molecule has 1 fully saturated rings. The highest BCUT2D eigenvalue weighted by molar-refractivity contribution is 6.00. The minimum atomic E-state index is -0.605. The van der Waals surface area contributed by atoms with Crippen LogP contribution in [0.5, 0.6) is 5.75 Å². The number of carbonyl (C=O) groups is 2. The number of hydrogen-bond donors (Lipinski definition) is 1. The van der Waals surface area contributed by atoms with Crippen LogP contribution in [0, 0.1) is 6.92 Å². The molecule has 3 aromatic rings. The zero-order valence-corrected chi connectivity index (χ0v) is 18.1. The Morgan fingerprint density at radius 2 is 1.71 bits per heavy atom. The Balaban J connectivity index is 0.00000272. The molecule has 0 spiro atoms. The summed E-state index contributed by atoms with van der Waals surface area (Å²) >= 11 is 0. The van der Waals surface area contributed by atoms with Gasteiger partial charge in [-0.05, 0) is 49.4 Å². The second-order valence-corrected chi connectivity index (χ2v) is 7.56. The molecule has 0 aliphatic carbocycles. The molecule has 2 aromatic carbocycles. The maximum atomic E-state index is 12.7. The highest BCUT2D eigenvalue weighted by Gasteiger charge is 2.21. The van der Waals surface area contributed by atoms with Crippen molar-refractivity contribution in [3.05, 3.63) is 63.5 Å². The summed E-state index contributed by atoms with van der Waals surface area (Å²) in [5.41, 5.74) is 1.61. The van der Waals surface area contributed by atoms with E-state index in [1.54, 1.807) is 37.3 Å². The topological polar surface area (TPSA) is 91.1 Å². The number of amides is 1. The number of carbonyl (C=O) groups excluding carboxylic acids is 2. The Morgan fingerprint density at radius 1 is 1.06 bits per heavy atom. The number of phenolic OH excluding ortho intramolecular Hbond substituents is 1. The fraction of sp³-hybridized carbons (Fsp3) is 0.261. The van der Waals surface area contributed by atoms with Crippen LogP contribution in [0.3, 0.4) is 0 Å². The van der Waals surface area contributed by atoms with Gasteiger partial charge in [-0.25, -0.2) is 4.79 Å². The summed E-state index contributed by atoms with van der Waals surface area (Å²) in [7, 11) is 2.04. The third-order valence-corrected chi connectivity index (χ3v) is 5.68. The van der Waals surface area contributed by atoms with Crippen LogP contribution in [0.15, 0.2) is 45.6 Å². The van der Waals surface area contributed by atoms with Gasteiger partial charge in [0.1, 0.15) is 5.75 Å². The summed E-state index contributed by atoms with van der Waals surface area (Å²) in [6, 6.07) is 9.91. The Kier molecular flexibility index (Phi) is 6.48. The number of fused-ring (bicyclic) bond motifs is 1. The first-order chi connectivity index (χ1) is 14.4. The molecule has 31 heavy (non-hydrogen) atoms. The largest absolute Gasteiger partial charge is 0.507 e. The molecule has 0 atom stereocenters. The van der Waals surface area contributed by atoms with Crippen LogP contribution in [0.4, 0.5) is 0 Å². The van der Waals surface area contributed by atoms with Gasteiger partial charge in [0, 0.05) is 37.1 Å². The van der Waals surface area contributed by atoms with E-state index in [-0.39, 0.29) is 35.2 Å². The van der Waals surface area contributed by atoms with Gasteiger partial charge in [0.25, 0.3) is 5.91 Å². The van der Waals surface area contributed by atoms with Crippen molar-refractivity contribution in [3.63, 3.8) is 0 Å². The van der Waals surface area contributed by atoms with Crippen LogP contribution in [0.2, 0.25) is 0 Å². The van der Waals surface area contributed by atoms with E-state index in [0.29, 0.717) is 47.0 Å². The van der Waals surface area contributed by atoms with Crippen molar-refractivity contribution in [1.82, 2.24) is 9.80 Å². The molecule has 0 saturated carbocycles. The van der Waals surface area contributed by atoms with Gasteiger partial charge in [0.15, 0.2) is 11.9 Å². The number of hydrogen-bond acceptors (Lipinski definition) is 6. The van der Waals surface area contributed by atoms with Gasteiger partial charge in [-0.3, -0.25) is 9.59 Å². The van der Waals surface area contributed by atoms with E-state index in [2.05, 4.69) is 4.90 Å². The van der Waals surface area contributed by atoms with Crippen molar-refractivity contribution in [2.45, 2.75) is 6.92 Å². The minimum absolute atomic E-state index is 0. The molecule has 4 rings (SSSR count). The first-order valence-corrected chi connectivity index (χ1v) is 9.73. The molecule has 1 saturated heterocycles. The lowest BCUT2D eigenvalue weighted by Crippen LogP contribution is -2.47. The number of aryl methyl sites for hydroxylation is 1. The molecule has 8 heteroatoms. The normalized spacial score (nSPS) is 14.3. The molecule has 2 heterocycles. The standard InChI is InChI=1S/C23H22N2O5.ClH/c1-14-17-7-8-19(27)18(13-26)21(17)30-23(29)20(14)15-3-5-16(6-4-15)22(28)25-11-9-24(2)10-12-25;/h3-8,13,27H,9-12H2,1-2H3;1H. The molecule has 0 radical (unpaired) electrons. The summed E-state index contributed by atoms with van der Waals surface area (Å²) < 4.78 is 5.39. The fourth-order valence-electron chi connectivity index (χ4n) is 3.85. The Morgan fingerprint density at radius 3 is 2.32 bits per heavy atom. The second-order valence-electron chi connectivity index (χ2n) is 7.56.